The monoisotopic (exact) mass is 192 g/mol. The van der Waals surface area contributed by atoms with E-state index in [1.165, 1.54) is 31.3 Å². The fourth-order valence-electron chi connectivity index (χ4n) is 1.46. The zero-order chi connectivity index (χ0) is 10.8. The van der Waals surface area contributed by atoms with Crippen LogP contribution in [0.1, 0.15) is 46.0 Å². The first-order chi connectivity index (χ1) is 6.70. The molecule has 0 aliphatic carbocycles. The molecule has 0 aliphatic rings. The van der Waals surface area contributed by atoms with E-state index in [4.69, 9.17) is 0 Å². The van der Waals surface area contributed by atoms with Crippen LogP contribution >= 0.6 is 0 Å². The number of rotatable bonds is 8. The van der Waals surface area contributed by atoms with E-state index in [2.05, 4.69) is 33.1 Å². The molecule has 0 spiro atoms. The summed E-state index contributed by atoms with van der Waals surface area (Å²) in [5.74, 6) is 0.845. The Morgan fingerprint density at radius 1 is 1.14 bits per heavy atom. The largest absolute Gasteiger partial charge is 0.0991 e. The summed E-state index contributed by atoms with van der Waals surface area (Å²) in [4.78, 5) is 0. The summed E-state index contributed by atoms with van der Waals surface area (Å²) >= 11 is 0. The molecule has 0 amide bonds. The van der Waals surface area contributed by atoms with Crippen LogP contribution in [0, 0.1) is 5.92 Å². The van der Waals surface area contributed by atoms with Crippen LogP contribution in [0.25, 0.3) is 0 Å². The van der Waals surface area contributed by atoms with Gasteiger partial charge in [-0.1, -0.05) is 64.5 Å². The Kier molecular flexibility index (Phi) is 8.31. The van der Waals surface area contributed by atoms with E-state index < -0.39 is 0 Å². The maximum absolute atomic E-state index is 3.79. The normalized spacial score (nSPS) is 11.8. The summed E-state index contributed by atoms with van der Waals surface area (Å²) in [6, 6.07) is 0. The van der Waals surface area contributed by atoms with Crippen molar-refractivity contribution >= 4 is 0 Å². The molecule has 0 aromatic heterocycles. The SMILES string of the molecule is C=C/C=C(\C=C)CCCCCC(C)C. The lowest BCUT2D eigenvalue weighted by molar-refractivity contribution is 0.527. The lowest BCUT2D eigenvalue weighted by Gasteiger charge is -2.04. The van der Waals surface area contributed by atoms with E-state index in [-0.39, 0.29) is 0 Å². The second kappa shape index (κ2) is 8.80. The molecule has 0 radical (unpaired) electrons. The van der Waals surface area contributed by atoms with Crippen molar-refractivity contribution in [3.63, 3.8) is 0 Å². The first-order valence-corrected chi connectivity index (χ1v) is 5.64. The van der Waals surface area contributed by atoms with E-state index in [1.807, 2.05) is 12.2 Å². The molecule has 0 nitrogen and oxygen atoms in total. The highest BCUT2D eigenvalue weighted by Crippen LogP contribution is 2.13. The fraction of sp³-hybridized carbons (Fsp3) is 0.571. The minimum absolute atomic E-state index is 0.845. The number of allylic oxidation sites excluding steroid dienone is 4. The number of hydrogen-bond acceptors (Lipinski definition) is 0. The van der Waals surface area contributed by atoms with Crippen molar-refractivity contribution in [1.82, 2.24) is 0 Å². The van der Waals surface area contributed by atoms with Gasteiger partial charge >= 0.3 is 0 Å². The van der Waals surface area contributed by atoms with Gasteiger partial charge in [0.05, 0.1) is 0 Å². The fourth-order valence-corrected chi connectivity index (χ4v) is 1.46. The number of unbranched alkanes of at least 4 members (excludes halogenated alkanes) is 2. The van der Waals surface area contributed by atoms with E-state index in [0.717, 1.165) is 12.3 Å². The van der Waals surface area contributed by atoms with Crippen LogP contribution in [-0.2, 0) is 0 Å². The van der Waals surface area contributed by atoms with Crippen molar-refractivity contribution in [2.45, 2.75) is 46.0 Å². The average Bonchev–Trinajstić information content (AvgIpc) is 2.15. The van der Waals surface area contributed by atoms with Gasteiger partial charge in [-0.2, -0.15) is 0 Å². The van der Waals surface area contributed by atoms with Gasteiger partial charge in [-0.15, -0.1) is 0 Å². The average molecular weight is 192 g/mol. The zero-order valence-electron chi connectivity index (χ0n) is 9.76. The van der Waals surface area contributed by atoms with Crippen LogP contribution in [-0.4, -0.2) is 0 Å². The Bertz CT molecular complexity index is 184. The van der Waals surface area contributed by atoms with Gasteiger partial charge in [0.15, 0.2) is 0 Å². The topological polar surface area (TPSA) is 0 Å². The van der Waals surface area contributed by atoms with Crippen molar-refractivity contribution < 1.29 is 0 Å². The van der Waals surface area contributed by atoms with Crippen LogP contribution in [0.15, 0.2) is 37.0 Å². The maximum Gasteiger partial charge on any atom is -0.0279 e. The molecule has 0 aliphatic heterocycles. The Morgan fingerprint density at radius 3 is 2.36 bits per heavy atom. The third kappa shape index (κ3) is 7.85. The Morgan fingerprint density at radius 2 is 1.86 bits per heavy atom. The molecule has 0 saturated heterocycles. The molecule has 14 heavy (non-hydrogen) atoms. The standard InChI is InChI=1S/C14H24/c1-5-10-14(6-2)12-9-7-8-11-13(3)4/h5-6,10,13H,1-2,7-9,11-12H2,3-4H3/b14-10+. The number of hydrogen-bond donors (Lipinski definition) is 0. The molecule has 0 fully saturated rings. The van der Waals surface area contributed by atoms with Gasteiger partial charge in [0, 0.05) is 0 Å². The van der Waals surface area contributed by atoms with E-state index in [9.17, 15) is 0 Å². The molecule has 0 N–H and O–H groups in total. The zero-order valence-corrected chi connectivity index (χ0v) is 9.76. The summed E-state index contributed by atoms with van der Waals surface area (Å²) in [6.07, 6.45) is 12.3. The molecule has 0 heterocycles. The Balaban J connectivity index is 3.47. The van der Waals surface area contributed by atoms with Crippen molar-refractivity contribution in [1.29, 1.82) is 0 Å². The van der Waals surface area contributed by atoms with Gasteiger partial charge in [-0.25, -0.2) is 0 Å². The van der Waals surface area contributed by atoms with E-state index >= 15 is 0 Å². The molecule has 0 heteroatoms. The summed E-state index contributed by atoms with van der Waals surface area (Å²) in [5, 5.41) is 0. The van der Waals surface area contributed by atoms with Crippen LogP contribution in [0.4, 0.5) is 0 Å². The molecule has 0 atom stereocenters. The summed E-state index contributed by atoms with van der Waals surface area (Å²) in [5.41, 5.74) is 1.31. The smallest absolute Gasteiger partial charge is 0.0279 e. The quantitative estimate of drug-likeness (QED) is 0.379. The maximum atomic E-state index is 3.79. The van der Waals surface area contributed by atoms with Crippen LogP contribution < -0.4 is 0 Å². The van der Waals surface area contributed by atoms with Crippen molar-refractivity contribution in [3.05, 3.63) is 37.0 Å². The second-order valence-corrected chi connectivity index (χ2v) is 4.17. The molecule has 0 rings (SSSR count). The highest BCUT2D eigenvalue weighted by molar-refractivity contribution is 5.20. The van der Waals surface area contributed by atoms with Crippen molar-refractivity contribution in [2.75, 3.05) is 0 Å². The van der Waals surface area contributed by atoms with Gasteiger partial charge < -0.3 is 0 Å². The van der Waals surface area contributed by atoms with Crippen LogP contribution in [0.2, 0.25) is 0 Å². The molecule has 0 saturated carbocycles. The predicted octanol–water partition coefficient (Wildman–Crippen LogP) is 4.89. The lowest BCUT2D eigenvalue weighted by Crippen LogP contribution is -1.87. The molecule has 0 unspecified atom stereocenters. The Hall–Kier alpha value is -0.780. The third-order valence-corrected chi connectivity index (χ3v) is 2.34. The Labute approximate surface area is 89.4 Å². The van der Waals surface area contributed by atoms with Gasteiger partial charge in [-0.05, 0) is 24.3 Å². The van der Waals surface area contributed by atoms with Gasteiger partial charge in [-0.3, -0.25) is 0 Å². The highest BCUT2D eigenvalue weighted by Gasteiger charge is 1.95. The van der Waals surface area contributed by atoms with E-state index in [1.54, 1.807) is 0 Å². The molecule has 0 bridgehead atoms. The lowest BCUT2D eigenvalue weighted by atomic mass is 10.0. The van der Waals surface area contributed by atoms with Crippen molar-refractivity contribution in [2.24, 2.45) is 5.92 Å². The highest BCUT2D eigenvalue weighted by atomic mass is 14.0. The summed E-state index contributed by atoms with van der Waals surface area (Å²) in [6.45, 7) is 12.1. The first-order valence-electron chi connectivity index (χ1n) is 5.64. The predicted molar refractivity (Wildman–Crippen MR) is 66.4 cm³/mol. The summed E-state index contributed by atoms with van der Waals surface area (Å²) < 4.78 is 0. The third-order valence-electron chi connectivity index (χ3n) is 2.34. The van der Waals surface area contributed by atoms with Crippen LogP contribution in [0.5, 0.6) is 0 Å². The second-order valence-electron chi connectivity index (χ2n) is 4.17. The first kappa shape index (κ1) is 13.2. The van der Waals surface area contributed by atoms with Crippen LogP contribution in [0.3, 0.4) is 0 Å². The minimum Gasteiger partial charge on any atom is -0.0991 e. The molecule has 0 aromatic rings. The van der Waals surface area contributed by atoms with E-state index in [0.29, 0.717) is 0 Å². The summed E-state index contributed by atoms with van der Waals surface area (Å²) in [7, 11) is 0. The molecule has 80 valence electrons. The molecular formula is C14H24. The van der Waals surface area contributed by atoms with Crippen molar-refractivity contribution in [3.8, 4) is 0 Å². The van der Waals surface area contributed by atoms with Gasteiger partial charge in [0.2, 0.25) is 0 Å². The van der Waals surface area contributed by atoms with Gasteiger partial charge in [0.25, 0.3) is 0 Å². The van der Waals surface area contributed by atoms with Gasteiger partial charge in [0.1, 0.15) is 0 Å². The minimum atomic E-state index is 0.845. The molecular weight excluding hydrogens is 168 g/mol. The molecule has 0 aromatic carbocycles.